The van der Waals surface area contributed by atoms with Gasteiger partial charge in [0.2, 0.25) is 0 Å². The molecule has 2 aromatic rings. The lowest BCUT2D eigenvalue weighted by Gasteiger charge is -2.36. The van der Waals surface area contributed by atoms with Gasteiger partial charge < -0.3 is 13.9 Å². The Morgan fingerprint density at radius 3 is 2.08 bits per heavy atom. The third kappa shape index (κ3) is 6.22. The van der Waals surface area contributed by atoms with E-state index < -0.39 is 8.32 Å². The molecule has 0 aliphatic carbocycles. The van der Waals surface area contributed by atoms with Crippen LogP contribution >= 0.6 is 0 Å². The maximum Gasteiger partial charge on any atom is 0.192 e. The molecule has 0 bridgehead atoms. The van der Waals surface area contributed by atoms with Crippen LogP contribution in [0.5, 0.6) is 11.5 Å². The van der Waals surface area contributed by atoms with Gasteiger partial charge in [-0.2, -0.15) is 0 Å². The SMILES string of the molecule is CC(C)(C)[Si](C)(C)OCCOc1cccc(OCc2ccccc2)c1. The van der Waals surface area contributed by atoms with Crippen molar-refractivity contribution < 1.29 is 13.9 Å². The molecule has 0 amide bonds. The van der Waals surface area contributed by atoms with Crippen molar-refractivity contribution >= 4 is 8.32 Å². The van der Waals surface area contributed by atoms with Crippen LogP contribution in [0.25, 0.3) is 0 Å². The van der Waals surface area contributed by atoms with Crippen molar-refractivity contribution in [3.63, 3.8) is 0 Å². The molecule has 0 atom stereocenters. The molecule has 0 radical (unpaired) electrons. The van der Waals surface area contributed by atoms with Crippen molar-refractivity contribution in [1.29, 1.82) is 0 Å². The summed E-state index contributed by atoms with van der Waals surface area (Å²) >= 11 is 0. The number of benzene rings is 2. The third-order valence-electron chi connectivity index (χ3n) is 4.67. The van der Waals surface area contributed by atoms with Crippen LogP contribution in [-0.4, -0.2) is 21.5 Å². The van der Waals surface area contributed by atoms with Gasteiger partial charge in [-0.3, -0.25) is 0 Å². The second kappa shape index (κ2) is 8.54. The zero-order valence-corrected chi connectivity index (χ0v) is 17.0. The van der Waals surface area contributed by atoms with Gasteiger partial charge in [0.25, 0.3) is 0 Å². The largest absolute Gasteiger partial charge is 0.491 e. The first kappa shape index (κ1) is 19.5. The van der Waals surface area contributed by atoms with Crippen molar-refractivity contribution in [2.24, 2.45) is 0 Å². The van der Waals surface area contributed by atoms with E-state index in [9.17, 15) is 0 Å². The molecule has 3 nitrogen and oxygen atoms in total. The molecule has 0 fully saturated rings. The second-order valence-corrected chi connectivity index (χ2v) is 12.5. The van der Waals surface area contributed by atoms with Crippen molar-refractivity contribution in [3.05, 3.63) is 60.2 Å². The van der Waals surface area contributed by atoms with E-state index in [1.807, 2.05) is 42.5 Å². The minimum absolute atomic E-state index is 0.220. The van der Waals surface area contributed by atoms with E-state index in [-0.39, 0.29) is 5.04 Å². The number of rotatable bonds is 8. The average molecular weight is 359 g/mol. The van der Waals surface area contributed by atoms with Gasteiger partial charge in [-0.05, 0) is 35.8 Å². The van der Waals surface area contributed by atoms with Gasteiger partial charge in [0.15, 0.2) is 8.32 Å². The first-order valence-corrected chi connectivity index (χ1v) is 11.7. The van der Waals surface area contributed by atoms with Crippen molar-refractivity contribution in [2.45, 2.75) is 45.5 Å². The molecule has 0 spiro atoms. The molecule has 0 aromatic heterocycles. The van der Waals surface area contributed by atoms with Gasteiger partial charge in [-0.1, -0.05) is 57.2 Å². The molecule has 4 heteroatoms. The summed E-state index contributed by atoms with van der Waals surface area (Å²) in [7, 11) is -1.71. The fraction of sp³-hybridized carbons (Fsp3) is 0.429. The molecular formula is C21H30O3Si. The Hall–Kier alpha value is -1.78. The van der Waals surface area contributed by atoms with E-state index in [4.69, 9.17) is 13.9 Å². The van der Waals surface area contributed by atoms with Gasteiger partial charge in [0.05, 0.1) is 6.61 Å². The highest BCUT2D eigenvalue weighted by Gasteiger charge is 2.36. The van der Waals surface area contributed by atoms with Crippen LogP contribution in [0.4, 0.5) is 0 Å². The van der Waals surface area contributed by atoms with Crippen molar-refractivity contribution in [1.82, 2.24) is 0 Å². The quantitative estimate of drug-likeness (QED) is 0.450. The Bertz CT molecular complexity index is 648. The summed E-state index contributed by atoms with van der Waals surface area (Å²) < 4.78 is 17.8. The predicted molar refractivity (Wildman–Crippen MR) is 106 cm³/mol. The molecule has 0 saturated heterocycles. The minimum atomic E-state index is -1.71. The maximum absolute atomic E-state index is 6.13. The molecule has 2 rings (SSSR count). The van der Waals surface area contributed by atoms with Crippen LogP contribution in [0.2, 0.25) is 18.1 Å². The Labute approximate surface area is 153 Å². The van der Waals surface area contributed by atoms with E-state index in [1.165, 1.54) is 0 Å². The van der Waals surface area contributed by atoms with Crippen LogP contribution < -0.4 is 9.47 Å². The van der Waals surface area contributed by atoms with E-state index in [0.717, 1.165) is 17.1 Å². The highest BCUT2D eigenvalue weighted by molar-refractivity contribution is 6.74. The normalized spacial score (nSPS) is 12.0. The number of hydrogen-bond donors (Lipinski definition) is 0. The molecule has 0 N–H and O–H groups in total. The lowest BCUT2D eigenvalue weighted by atomic mass is 10.2. The summed E-state index contributed by atoms with van der Waals surface area (Å²) in [5, 5.41) is 0.220. The summed E-state index contributed by atoms with van der Waals surface area (Å²) in [6.07, 6.45) is 0. The summed E-state index contributed by atoms with van der Waals surface area (Å²) in [6.45, 7) is 13.0. The molecule has 0 aliphatic rings. The maximum atomic E-state index is 6.13. The summed E-state index contributed by atoms with van der Waals surface area (Å²) in [5.74, 6) is 1.62. The van der Waals surface area contributed by atoms with Gasteiger partial charge >= 0.3 is 0 Å². The predicted octanol–water partition coefficient (Wildman–Crippen LogP) is 5.67. The highest BCUT2D eigenvalue weighted by Crippen LogP contribution is 2.36. The van der Waals surface area contributed by atoms with Gasteiger partial charge in [0.1, 0.15) is 24.7 Å². The zero-order valence-electron chi connectivity index (χ0n) is 16.0. The standard InChI is InChI=1S/C21H30O3Si/c1-21(2,3)25(4,5)24-15-14-22-19-12-9-13-20(16-19)23-17-18-10-7-6-8-11-18/h6-13,16H,14-15,17H2,1-5H3. The second-order valence-electron chi connectivity index (χ2n) is 7.71. The Morgan fingerprint density at radius 2 is 1.44 bits per heavy atom. The lowest BCUT2D eigenvalue weighted by Crippen LogP contribution is -2.41. The molecule has 0 saturated carbocycles. The van der Waals surface area contributed by atoms with E-state index in [0.29, 0.717) is 19.8 Å². The molecule has 0 heterocycles. The molecule has 136 valence electrons. The molecular weight excluding hydrogens is 328 g/mol. The van der Waals surface area contributed by atoms with Crippen LogP contribution in [0.15, 0.2) is 54.6 Å². The molecule has 0 unspecified atom stereocenters. The number of ether oxygens (including phenoxy) is 2. The third-order valence-corrected chi connectivity index (χ3v) is 9.21. The smallest absolute Gasteiger partial charge is 0.192 e. The molecule has 0 aliphatic heterocycles. The van der Waals surface area contributed by atoms with Crippen molar-refractivity contribution in [2.75, 3.05) is 13.2 Å². The number of hydrogen-bond acceptors (Lipinski definition) is 3. The minimum Gasteiger partial charge on any atom is -0.491 e. The Morgan fingerprint density at radius 1 is 0.800 bits per heavy atom. The fourth-order valence-corrected chi connectivity index (χ4v) is 3.09. The van der Waals surface area contributed by atoms with Crippen molar-refractivity contribution in [3.8, 4) is 11.5 Å². The summed E-state index contributed by atoms with van der Waals surface area (Å²) in [4.78, 5) is 0. The lowest BCUT2D eigenvalue weighted by molar-refractivity contribution is 0.202. The van der Waals surface area contributed by atoms with Crippen LogP contribution in [0, 0.1) is 0 Å². The first-order chi connectivity index (χ1) is 11.8. The summed E-state index contributed by atoms with van der Waals surface area (Å²) in [5.41, 5.74) is 1.15. The van der Waals surface area contributed by atoms with Crippen LogP contribution in [-0.2, 0) is 11.0 Å². The van der Waals surface area contributed by atoms with Gasteiger partial charge in [-0.15, -0.1) is 0 Å². The van der Waals surface area contributed by atoms with Crippen LogP contribution in [0.3, 0.4) is 0 Å². The van der Waals surface area contributed by atoms with Gasteiger partial charge in [-0.25, -0.2) is 0 Å². The Balaban J connectivity index is 1.79. The highest BCUT2D eigenvalue weighted by atomic mass is 28.4. The van der Waals surface area contributed by atoms with Crippen LogP contribution in [0.1, 0.15) is 26.3 Å². The topological polar surface area (TPSA) is 27.7 Å². The first-order valence-electron chi connectivity index (χ1n) is 8.81. The van der Waals surface area contributed by atoms with E-state index >= 15 is 0 Å². The monoisotopic (exact) mass is 358 g/mol. The van der Waals surface area contributed by atoms with Gasteiger partial charge in [0, 0.05) is 6.07 Å². The average Bonchev–Trinajstić information content (AvgIpc) is 2.57. The molecule has 25 heavy (non-hydrogen) atoms. The molecule has 2 aromatic carbocycles. The summed E-state index contributed by atoms with van der Waals surface area (Å²) in [6, 6.07) is 17.9. The Kier molecular flexibility index (Phi) is 6.68. The van der Waals surface area contributed by atoms with E-state index in [1.54, 1.807) is 0 Å². The zero-order chi connectivity index (χ0) is 18.3. The fourth-order valence-electron chi connectivity index (χ4n) is 2.07. The van der Waals surface area contributed by atoms with E-state index in [2.05, 4.69) is 46.0 Å².